The van der Waals surface area contributed by atoms with Crippen molar-refractivity contribution in [2.45, 2.75) is 6.54 Å². The van der Waals surface area contributed by atoms with Crippen LogP contribution in [0.2, 0.25) is 5.02 Å². The molecule has 0 unspecified atom stereocenters. The minimum Gasteiger partial charge on any atom is -0.456 e. The summed E-state index contributed by atoms with van der Waals surface area (Å²) in [5.41, 5.74) is 6.51. The van der Waals surface area contributed by atoms with E-state index in [0.717, 1.165) is 11.3 Å². The van der Waals surface area contributed by atoms with Crippen LogP contribution >= 0.6 is 11.6 Å². The van der Waals surface area contributed by atoms with Crippen LogP contribution in [0.5, 0.6) is 23.0 Å². The maximum absolute atomic E-state index is 6.14. The molecule has 1 heterocycles. The van der Waals surface area contributed by atoms with E-state index in [4.69, 9.17) is 31.5 Å². The smallest absolute Gasteiger partial charge is 0.231 e. The second-order valence-corrected chi connectivity index (χ2v) is 4.49. The van der Waals surface area contributed by atoms with Crippen molar-refractivity contribution in [3.05, 3.63) is 47.0 Å². The lowest BCUT2D eigenvalue weighted by molar-refractivity contribution is 0.174. The summed E-state index contributed by atoms with van der Waals surface area (Å²) < 4.78 is 16.3. The first-order valence-electron chi connectivity index (χ1n) is 5.82. The van der Waals surface area contributed by atoms with Crippen molar-refractivity contribution in [1.82, 2.24) is 0 Å². The molecule has 0 saturated heterocycles. The molecule has 2 aromatic rings. The van der Waals surface area contributed by atoms with E-state index in [0.29, 0.717) is 28.8 Å². The third-order valence-electron chi connectivity index (χ3n) is 2.80. The number of rotatable bonds is 3. The lowest BCUT2D eigenvalue weighted by Gasteiger charge is -2.09. The molecule has 3 rings (SSSR count). The van der Waals surface area contributed by atoms with Crippen molar-refractivity contribution in [1.29, 1.82) is 0 Å². The van der Waals surface area contributed by atoms with Crippen LogP contribution in [0, 0.1) is 0 Å². The third-order valence-corrected chi connectivity index (χ3v) is 3.10. The maximum Gasteiger partial charge on any atom is 0.231 e. The van der Waals surface area contributed by atoms with Crippen molar-refractivity contribution in [3.63, 3.8) is 0 Å². The zero-order valence-electron chi connectivity index (χ0n) is 10.1. The fourth-order valence-corrected chi connectivity index (χ4v) is 2.06. The van der Waals surface area contributed by atoms with Gasteiger partial charge in [0.05, 0.1) is 5.02 Å². The van der Waals surface area contributed by atoms with Gasteiger partial charge >= 0.3 is 0 Å². The van der Waals surface area contributed by atoms with E-state index in [2.05, 4.69) is 0 Å². The van der Waals surface area contributed by atoms with Crippen molar-refractivity contribution in [2.75, 3.05) is 6.79 Å². The Morgan fingerprint density at radius 1 is 1.11 bits per heavy atom. The molecule has 98 valence electrons. The highest BCUT2D eigenvalue weighted by Crippen LogP contribution is 2.38. The topological polar surface area (TPSA) is 53.7 Å². The number of hydrogen-bond donors (Lipinski definition) is 1. The average molecular weight is 278 g/mol. The monoisotopic (exact) mass is 277 g/mol. The highest BCUT2D eigenvalue weighted by molar-refractivity contribution is 6.32. The van der Waals surface area contributed by atoms with Crippen LogP contribution in [0.15, 0.2) is 36.4 Å². The summed E-state index contributed by atoms with van der Waals surface area (Å²) >= 11 is 6.14. The molecule has 0 spiro atoms. The zero-order valence-corrected chi connectivity index (χ0v) is 10.8. The van der Waals surface area contributed by atoms with E-state index < -0.39 is 0 Å². The summed E-state index contributed by atoms with van der Waals surface area (Å²) in [7, 11) is 0. The first kappa shape index (κ1) is 12.1. The summed E-state index contributed by atoms with van der Waals surface area (Å²) in [5.74, 6) is 2.62. The molecule has 0 bridgehead atoms. The standard InChI is InChI=1S/C14H12ClNO3/c15-11-5-9(7-16)1-3-12(11)19-10-2-4-13-14(6-10)18-8-17-13/h1-6H,7-8,16H2. The van der Waals surface area contributed by atoms with Crippen LogP contribution in [-0.4, -0.2) is 6.79 Å². The summed E-state index contributed by atoms with van der Waals surface area (Å²) in [6.45, 7) is 0.689. The molecular formula is C14H12ClNO3. The Morgan fingerprint density at radius 3 is 2.74 bits per heavy atom. The molecule has 0 radical (unpaired) electrons. The number of ether oxygens (including phenoxy) is 3. The quantitative estimate of drug-likeness (QED) is 0.935. The van der Waals surface area contributed by atoms with Crippen molar-refractivity contribution >= 4 is 11.6 Å². The average Bonchev–Trinajstić information content (AvgIpc) is 2.88. The van der Waals surface area contributed by atoms with E-state index in [1.807, 2.05) is 6.07 Å². The molecule has 4 nitrogen and oxygen atoms in total. The Kier molecular flexibility index (Phi) is 3.19. The molecule has 0 saturated carbocycles. The first-order valence-corrected chi connectivity index (χ1v) is 6.20. The van der Waals surface area contributed by atoms with Gasteiger partial charge in [-0.15, -0.1) is 0 Å². The van der Waals surface area contributed by atoms with Gasteiger partial charge in [-0.3, -0.25) is 0 Å². The molecule has 5 heteroatoms. The molecule has 2 N–H and O–H groups in total. The molecule has 19 heavy (non-hydrogen) atoms. The molecule has 2 aromatic carbocycles. The third kappa shape index (κ3) is 2.45. The van der Waals surface area contributed by atoms with Crippen LogP contribution in [0.4, 0.5) is 0 Å². The van der Waals surface area contributed by atoms with Gasteiger partial charge in [0.1, 0.15) is 11.5 Å². The van der Waals surface area contributed by atoms with Crippen LogP contribution in [0.3, 0.4) is 0 Å². The number of fused-ring (bicyclic) bond motifs is 1. The fourth-order valence-electron chi connectivity index (χ4n) is 1.82. The zero-order chi connectivity index (χ0) is 13.2. The number of hydrogen-bond acceptors (Lipinski definition) is 4. The first-order chi connectivity index (χ1) is 9.26. The van der Waals surface area contributed by atoms with Gasteiger partial charge in [0, 0.05) is 12.6 Å². The Hall–Kier alpha value is -1.91. The minimum absolute atomic E-state index is 0.241. The molecule has 0 amide bonds. The van der Waals surface area contributed by atoms with Gasteiger partial charge in [0.25, 0.3) is 0 Å². The SMILES string of the molecule is NCc1ccc(Oc2ccc3c(c2)OCO3)c(Cl)c1. The van der Waals surface area contributed by atoms with Crippen LogP contribution in [-0.2, 0) is 6.54 Å². The van der Waals surface area contributed by atoms with Gasteiger partial charge in [-0.05, 0) is 29.8 Å². The number of halogens is 1. The summed E-state index contributed by atoms with van der Waals surface area (Å²) in [6.07, 6.45) is 0. The van der Waals surface area contributed by atoms with Gasteiger partial charge in [0.2, 0.25) is 6.79 Å². The van der Waals surface area contributed by atoms with E-state index in [-0.39, 0.29) is 6.79 Å². The molecule has 1 aliphatic rings. The highest BCUT2D eigenvalue weighted by atomic mass is 35.5. The molecule has 0 atom stereocenters. The molecule has 1 aliphatic heterocycles. The lowest BCUT2D eigenvalue weighted by Crippen LogP contribution is -1.96. The molecule has 0 aromatic heterocycles. The van der Waals surface area contributed by atoms with Crippen LogP contribution in [0.25, 0.3) is 0 Å². The Morgan fingerprint density at radius 2 is 1.95 bits per heavy atom. The highest BCUT2D eigenvalue weighted by Gasteiger charge is 2.14. The number of benzene rings is 2. The Balaban J connectivity index is 1.85. The lowest BCUT2D eigenvalue weighted by atomic mass is 10.2. The maximum atomic E-state index is 6.14. The Labute approximate surface area is 115 Å². The summed E-state index contributed by atoms with van der Waals surface area (Å²) in [5, 5.41) is 0.528. The summed E-state index contributed by atoms with van der Waals surface area (Å²) in [6, 6.07) is 10.9. The van der Waals surface area contributed by atoms with Gasteiger partial charge in [-0.25, -0.2) is 0 Å². The van der Waals surface area contributed by atoms with Gasteiger partial charge in [-0.1, -0.05) is 17.7 Å². The van der Waals surface area contributed by atoms with Gasteiger partial charge in [-0.2, -0.15) is 0 Å². The second-order valence-electron chi connectivity index (χ2n) is 4.09. The predicted molar refractivity (Wildman–Crippen MR) is 72.0 cm³/mol. The molecule has 0 fully saturated rings. The van der Waals surface area contributed by atoms with Crippen molar-refractivity contribution < 1.29 is 14.2 Å². The normalized spacial score (nSPS) is 12.5. The second kappa shape index (κ2) is 4.99. The number of nitrogens with two attached hydrogens (primary N) is 1. The van der Waals surface area contributed by atoms with Crippen LogP contribution in [0.1, 0.15) is 5.56 Å². The van der Waals surface area contributed by atoms with E-state index in [1.165, 1.54) is 0 Å². The molecule has 0 aliphatic carbocycles. The Bertz CT molecular complexity index is 616. The largest absolute Gasteiger partial charge is 0.456 e. The van der Waals surface area contributed by atoms with Crippen LogP contribution < -0.4 is 19.9 Å². The fraction of sp³-hybridized carbons (Fsp3) is 0.143. The predicted octanol–water partition coefficient (Wildman–Crippen LogP) is 3.32. The minimum atomic E-state index is 0.241. The van der Waals surface area contributed by atoms with Gasteiger partial charge < -0.3 is 19.9 Å². The van der Waals surface area contributed by atoms with Crippen molar-refractivity contribution in [2.24, 2.45) is 5.73 Å². The van der Waals surface area contributed by atoms with E-state index >= 15 is 0 Å². The van der Waals surface area contributed by atoms with E-state index in [9.17, 15) is 0 Å². The molecular weight excluding hydrogens is 266 g/mol. The van der Waals surface area contributed by atoms with E-state index in [1.54, 1.807) is 30.3 Å². The summed E-state index contributed by atoms with van der Waals surface area (Å²) in [4.78, 5) is 0. The van der Waals surface area contributed by atoms with Gasteiger partial charge in [0.15, 0.2) is 11.5 Å². The van der Waals surface area contributed by atoms with Crippen molar-refractivity contribution in [3.8, 4) is 23.0 Å².